The summed E-state index contributed by atoms with van der Waals surface area (Å²) in [5.41, 5.74) is 1.89. The van der Waals surface area contributed by atoms with Gasteiger partial charge in [-0.25, -0.2) is 4.99 Å². The smallest absolute Gasteiger partial charge is 0.263 e. The fraction of sp³-hybridized carbons (Fsp3) is 0.300. The highest BCUT2D eigenvalue weighted by molar-refractivity contribution is 6.05. The fourth-order valence-electron chi connectivity index (χ4n) is 2.97. The van der Waals surface area contributed by atoms with Gasteiger partial charge < -0.3 is 0 Å². The topological polar surface area (TPSA) is 67.9 Å². The molecule has 0 atom stereocenters. The first kappa shape index (κ1) is 17.0. The maximum atomic E-state index is 10.7. The average Bonchev–Trinajstić information content (AvgIpc) is 2.67. The highest BCUT2D eigenvalue weighted by Gasteiger charge is 2.13. The fourth-order valence-corrected chi connectivity index (χ4v) is 2.97. The Bertz CT molecular complexity index is 761. The van der Waals surface area contributed by atoms with Gasteiger partial charge in [-0.3, -0.25) is 15.1 Å². The highest BCUT2D eigenvalue weighted by Crippen LogP contribution is 2.21. The number of rotatable bonds is 4. The number of hydrogen-bond acceptors (Lipinski definition) is 3. The van der Waals surface area contributed by atoms with Gasteiger partial charge in [-0.15, -0.1) is 0 Å². The van der Waals surface area contributed by atoms with E-state index in [1.54, 1.807) is 18.3 Å². The summed E-state index contributed by atoms with van der Waals surface area (Å²) in [4.78, 5) is 19.8. The van der Waals surface area contributed by atoms with Gasteiger partial charge in [-0.2, -0.15) is 0 Å². The van der Waals surface area contributed by atoms with Gasteiger partial charge in [0.1, 0.15) is 0 Å². The molecule has 128 valence electrons. The van der Waals surface area contributed by atoms with Crippen LogP contribution in [-0.2, 0) is 0 Å². The van der Waals surface area contributed by atoms with Crippen molar-refractivity contribution in [2.75, 3.05) is 0 Å². The van der Waals surface area contributed by atoms with Crippen molar-refractivity contribution < 1.29 is 4.92 Å². The number of amidine groups is 1. The highest BCUT2D eigenvalue weighted by atomic mass is 16.6. The third-order valence-electron chi connectivity index (χ3n) is 4.35. The molecule has 0 heterocycles. The molecule has 0 N–H and O–H groups in total. The lowest BCUT2D eigenvalue weighted by Gasteiger charge is -2.18. The predicted octanol–water partition coefficient (Wildman–Crippen LogP) is 4.79. The molecule has 2 aromatic rings. The third-order valence-corrected chi connectivity index (χ3v) is 4.35. The Labute approximate surface area is 147 Å². The molecule has 1 aliphatic rings. The normalized spacial score (nSPS) is 16.2. The van der Waals surface area contributed by atoms with Crippen LogP contribution in [-0.4, -0.2) is 23.0 Å². The van der Waals surface area contributed by atoms with Crippen LogP contribution in [0.1, 0.15) is 43.2 Å². The van der Waals surface area contributed by atoms with Crippen molar-refractivity contribution in [2.45, 2.75) is 38.1 Å². The lowest BCUT2D eigenvalue weighted by atomic mass is 9.96. The number of nitro benzene ring substituents is 1. The molecule has 0 unspecified atom stereocenters. The average molecular weight is 335 g/mol. The Kier molecular flexibility index (Phi) is 5.67. The number of benzene rings is 2. The summed E-state index contributed by atoms with van der Waals surface area (Å²) in [6, 6.07) is 16.7. The zero-order valence-electron chi connectivity index (χ0n) is 14.0. The first-order chi connectivity index (χ1) is 12.2. The van der Waals surface area contributed by atoms with Crippen LogP contribution in [0.4, 0.5) is 5.69 Å². The van der Waals surface area contributed by atoms with E-state index in [0.29, 0.717) is 6.04 Å². The molecular weight excluding hydrogens is 314 g/mol. The van der Waals surface area contributed by atoms with Crippen LogP contribution in [0.15, 0.2) is 64.6 Å². The molecule has 0 radical (unpaired) electrons. The van der Waals surface area contributed by atoms with Crippen LogP contribution < -0.4 is 0 Å². The van der Waals surface area contributed by atoms with Gasteiger partial charge in [0.05, 0.1) is 11.0 Å². The summed E-state index contributed by atoms with van der Waals surface area (Å²) in [5, 5.41) is 10.7. The second-order valence-corrected chi connectivity index (χ2v) is 6.22. The summed E-state index contributed by atoms with van der Waals surface area (Å²) in [5.74, 6) is 0.728. The second-order valence-electron chi connectivity index (χ2n) is 6.22. The number of non-ortho nitro benzene ring substituents is 1. The van der Waals surface area contributed by atoms with E-state index in [4.69, 9.17) is 4.99 Å². The first-order valence-corrected chi connectivity index (χ1v) is 8.64. The van der Waals surface area contributed by atoms with Crippen LogP contribution in [0.2, 0.25) is 0 Å². The van der Waals surface area contributed by atoms with E-state index < -0.39 is 4.92 Å². The molecule has 0 saturated heterocycles. The van der Waals surface area contributed by atoms with E-state index in [9.17, 15) is 10.1 Å². The zero-order chi connectivity index (χ0) is 17.5. The molecule has 0 aromatic heterocycles. The molecule has 1 saturated carbocycles. The lowest BCUT2D eigenvalue weighted by Crippen LogP contribution is -2.13. The monoisotopic (exact) mass is 335 g/mol. The maximum Gasteiger partial charge on any atom is 0.269 e. The van der Waals surface area contributed by atoms with Crippen molar-refractivity contribution in [1.82, 2.24) is 0 Å². The van der Waals surface area contributed by atoms with Crippen molar-refractivity contribution in [3.63, 3.8) is 0 Å². The van der Waals surface area contributed by atoms with Crippen molar-refractivity contribution in [2.24, 2.45) is 9.98 Å². The van der Waals surface area contributed by atoms with Crippen LogP contribution in [0.25, 0.3) is 0 Å². The van der Waals surface area contributed by atoms with Crippen LogP contribution in [0.5, 0.6) is 0 Å². The van der Waals surface area contributed by atoms with E-state index in [2.05, 4.69) is 4.99 Å². The number of nitro groups is 1. The largest absolute Gasteiger partial charge is 0.269 e. The standard InChI is InChI=1S/C20H21N3O2/c24-23(25)19-13-11-16(12-14-19)15-21-20(17-7-3-1-4-8-17)22-18-9-5-2-6-10-18/h1,3-4,7-8,11-15,18H,2,5-6,9-10H2. The zero-order valence-corrected chi connectivity index (χ0v) is 14.0. The van der Waals surface area contributed by atoms with E-state index in [1.165, 1.54) is 31.4 Å². The van der Waals surface area contributed by atoms with Gasteiger partial charge >= 0.3 is 0 Å². The summed E-state index contributed by atoms with van der Waals surface area (Å²) in [6.07, 6.45) is 7.69. The third kappa shape index (κ3) is 4.83. The van der Waals surface area contributed by atoms with Crippen LogP contribution in [0.3, 0.4) is 0 Å². The summed E-state index contributed by atoms with van der Waals surface area (Å²) < 4.78 is 0. The quantitative estimate of drug-likeness (QED) is 0.349. The summed E-state index contributed by atoms with van der Waals surface area (Å²) in [7, 11) is 0. The van der Waals surface area contributed by atoms with Gasteiger partial charge in [0.2, 0.25) is 0 Å². The lowest BCUT2D eigenvalue weighted by molar-refractivity contribution is -0.384. The van der Waals surface area contributed by atoms with Crippen molar-refractivity contribution in [1.29, 1.82) is 0 Å². The number of nitrogens with zero attached hydrogens (tertiary/aromatic N) is 3. The van der Waals surface area contributed by atoms with Crippen molar-refractivity contribution >= 4 is 17.7 Å². The minimum Gasteiger partial charge on any atom is -0.263 e. The Hall–Kier alpha value is -2.82. The number of aliphatic imine (C=N–C) groups is 2. The maximum absolute atomic E-state index is 10.7. The molecule has 0 amide bonds. The van der Waals surface area contributed by atoms with Crippen molar-refractivity contribution in [3.05, 3.63) is 75.8 Å². The molecule has 2 aromatic carbocycles. The van der Waals surface area contributed by atoms with Gasteiger partial charge in [0, 0.05) is 23.9 Å². The van der Waals surface area contributed by atoms with Gasteiger partial charge in [0.15, 0.2) is 5.84 Å². The van der Waals surface area contributed by atoms with Crippen LogP contribution in [0, 0.1) is 10.1 Å². The van der Waals surface area contributed by atoms with E-state index in [0.717, 1.165) is 29.8 Å². The van der Waals surface area contributed by atoms with E-state index in [-0.39, 0.29) is 5.69 Å². The second kappa shape index (κ2) is 8.33. The molecule has 0 aliphatic heterocycles. The molecule has 1 fully saturated rings. The molecular formula is C20H21N3O2. The Morgan fingerprint density at radius 1 is 1.00 bits per heavy atom. The van der Waals surface area contributed by atoms with Gasteiger partial charge in [0.25, 0.3) is 5.69 Å². The van der Waals surface area contributed by atoms with E-state index >= 15 is 0 Å². The number of hydrogen-bond donors (Lipinski definition) is 0. The first-order valence-electron chi connectivity index (χ1n) is 8.64. The molecule has 0 bridgehead atoms. The Balaban J connectivity index is 1.84. The predicted molar refractivity (Wildman–Crippen MR) is 101 cm³/mol. The Morgan fingerprint density at radius 3 is 2.32 bits per heavy atom. The molecule has 1 aliphatic carbocycles. The molecule has 3 rings (SSSR count). The molecule has 5 nitrogen and oxygen atoms in total. The molecule has 5 heteroatoms. The van der Waals surface area contributed by atoms with E-state index in [1.807, 2.05) is 30.3 Å². The molecule has 0 spiro atoms. The minimum atomic E-state index is -0.402. The van der Waals surface area contributed by atoms with Gasteiger partial charge in [-0.05, 0) is 30.5 Å². The molecule has 25 heavy (non-hydrogen) atoms. The van der Waals surface area contributed by atoms with Gasteiger partial charge in [-0.1, -0.05) is 49.6 Å². The Morgan fingerprint density at radius 2 is 1.68 bits per heavy atom. The SMILES string of the molecule is O=[N+]([O-])c1ccc(C=NC(=NC2CCCCC2)c2ccccc2)cc1. The minimum absolute atomic E-state index is 0.0799. The van der Waals surface area contributed by atoms with Crippen LogP contribution >= 0.6 is 0 Å². The summed E-state index contributed by atoms with van der Waals surface area (Å²) in [6.45, 7) is 0. The van der Waals surface area contributed by atoms with Crippen molar-refractivity contribution in [3.8, 4) is 0 Å². The summed E-state index contributed by atoms with van der Waals surface area (Å²) >= 11 is 0.